The van der Waals surface area contributed by atoms with Gasteiger partial charge in [0, 0.05) is 21.8 Å². The second-order valence-corrected chi connectivity index (χ2v) is 7.08. The van der Waals surface area contributed by atoms with Gasteiger partial charge in [0.1, 0.15) is 11.2 Å². The van der Waals surface area contributed by atoms with E-state index in [1.165, 1.54) is 43.8 Å². The lowest BCUT2D eigenvalue weighted by Crippen LogP contribution is -1.93. The quantitative estimate of drug-likeness (QED) is 0.313. The highest BCUT2D eigenvalue weighted by Crippen LogP contribution is 2.41. The summed E-state index contributed by atoms with van der Waals surface area (Å²) in [5.41, 5.74) is 6.67. The highest BCUT2D eigenvalue weighted by Gasteiger charge is 2.18. The Morgan fingerprint density at radius 3 is 2.33 bits per heavy atom. The number of benzene rings is 4. The van der Waals surface area contributed by atoms with Crippen LogP contribution in [0.25, 0.3) is 49.4 Å². The fourth-order valence-electron chi connectivity index (χ4n) is 4.32. The maximum absolute atomic E-state index is 6.26. The minimum Gasteiger partial charge on any atom is -0.456 e. The molecule has 128 valence electrons. The third-order valence-corrected chi connectivity index (χ3v) is 5.51. The molecule has 2 heteroatoms. The molecule has 0 N–H and O–H groups in total. The van der Waals surface area contributed by atoms with E-state index in [0.29, 0.717) is 0 Å². The molecule has 0 unspecified atom stereocenters. The van der Waals surface area contributed by atoms with Crippen molar-refractivity contribution in [1.82, 2.24) is 4.57 Å². The van der Waals surface area contributed by atoms with E-state index < -0.39 is 0 Å². The molecule has 0 fully saturated rings. The largest absolute Gasteiger partial charge is 0.456 e. The zero-order valence-corrected chi connectivity index (χ0v) is 14.9. The lowest BCUT2D eigenvalue weighted by atomic mass is 10.1. The Morgan fingerprint density at radius 1 is 0.667 bits per heavy atom. The molecule has 0 aliphatic rings. The first-order chi connectivity index (χ1) is 13.3. The average Bonchev–Trinajstić information content (AvgIpc) is 3.25. The summed E-state index contributed by atoms with van der Waals surface area (Å²) in [6.07, 6.45) is 0. The van der Waals surface area contributed by atoms with Crippen molar-refractivity contribution in [3.63, 3.8) is 0 Å². The van der Waals surface area contributed by atoms with Crippen LogP contribution in [-0.4, -0.2) is 4.57 Å². The summed E-state index contributed by atoms with van der Waals surface area (Å²) >= 11 is 0. The Kier molecular flexibility index (Phi) is 2.84. The molecule has 27 heavy (non-hydrogen) atoms. The molecule has 0 radical (unpaired) electrons. The highest BCUT2D eigenvalue weighted by atomic mass is 16.3. The standard InChI is InChI=1S/C25H17NO/c1-16-8-7-12-20-23-22(27-25(16)20)15-14-19-18-11-5-6-13-21(18)26(24(19)23)17-9-3-2-4-10-17/h2-15H,1H3. The van der Waals surface area contributed by atoms with Crippen molar-refractivity contribution in [3.05, 3.63) is 90.5 Å². The van der Waals surface area contributed by atoms with Crippen molar-refractivity contribution in [1.29, 1.82) is 0 Å². The monoisotopic (exact) mass is 347 g/mol. The van der Waals surface area contributed by atoms with Gasteiger partial charge in [-0.2, -0.15) is 0 Å². The van der Waals surface area contributed by atoms with E-state index in [1.807, 2.05) is 0 Å². The van der Waals surface area contributed by atoms with E-state index in [2.05, 4.69) is 96.4 Å². The van der Waals surface area contributed by atoms with Crippen molar-refractivity contribution in [2.24, 2.45) is 0 Å². The van der Waals surface area contributed by atoms with Crippen LogP contribution in [0.3, 0.4) is 0 Å². The molecule has 0 bridgehead atoms. The summed E-state index contributed by atoms with van der Waals surface area (Å²) < 4.78 is 8.63. The zero-order valence-electron chi connectivity index (χ0n) is 14.9. The number of hydrogen-bond donors (Lipinski definition) is 0. The summed E-state index contributed by atoms with van der Waals surface area (Å²) in [5, 5.41) is 4.88. The Bertz CT molecular complexity index is 1470. The molecular weight excluding hydrogens is 330 g/mol. The van der Waals surface area contributed by atoms with Crippen LogP contribution in [0.5, 0.6) is 0 Å². The van der Waals surface area contributed by atoms with Gasteiger partial charge in [-0.1, -0.05) is 54.6 Å². The van der Waals surface area contributed by atoms with Gasteiger partial charge in [-0.05, 0) is 42.8 Å². The van der Waals surface area contributed by atoms with Crippen molar-refractivity contribution < 1.29 is 4.42 Å². The predicted octanol–water partition coefficient (Wildman–Crippen LogP) is 6.99. The van der Waals surface area contributed by atoms with Gasteiger partial charge in [0.15, 0.2) is 0 Å². The Morgan fingerprint density at radius 2 is 1.44 bits per heavy atom. The van der Waals surface area contributed by atoms with Crippen LogP contribution in [-0.2, 0) is 0 Å². The summed E-state index contributed by atoms with van der Waals surface area (Å²) in [5.74, 6) is 0. The summed E-state index contributed by atoms with van der Waals surface area (Å²) in [6, 6.07) is 29.9. The predicted molar refractivity (Wildman–Crippen MR) is 113 cm³/mol. The maximum atomic E-state index is 6.26. The average molecular weight is 347 g/mol. The van der Waals surface area contributed by atoms with E-state index in [-0.39, 0.29) is 0 Å². The van der Waals surface area contributed by atoms with Crippen LogP contribution < -0.4 is 0 Å². The molecule has 6 aromatic rings. The molecule has 2 aromatic heterocycles. The molecule has 0 spiro atoms. The van der Waals surface area contributed by atoms with E-state index >= 15 is 0 Å². The minimum absolute atomic E-state index is 0.937. The molecule has 2 nitrogen and oxygen atoms in total. The third-order valence-electron chi connectivity index (χ3n) is 5.51. The van der Waals surface area contributed by atoms with Gasteiger partial charge in [0.2, 0.25) is 0 Å². The van der Waals surface area contributed by atoms with Crippen LogP contribution in [0.15, 0.2) is 89.3 Å². The van der Waals surface area contributed by atoms with Crippen LogP contribution >= 0.6 is 0 Å². The van der Waals surface area contributed by atoms with E-state index in [4.69, 9.17) is 4.42 Å². The van der Waals surface area contributed by atoms with Crippen LogP contribution in [0.4, 0.5) is 0 Å². The lowest BCUT2D eigenvalue weighted by Gasteiger charge is -2.08. The normalized spacial score (nSPS) is 11.9. The van der Waals surface area contributed by atoms with Gasteiger partial charge in [-0.15, -0.1) is 0 Å². The van der Waals surface area contributed by atoms with E-state index in [0.717, 1.165) is 11.2 Å². The molecule has 0 saturated carbocycles. The molecule has 0 atom stereocenters. The van der Waals surface area contributed by atoms with Crippen LogP contribution in [0.1, 0.15) is 5.56 Å². The van der Waals surface area contributed by atoms with Gasteiger partial charge in [0.05, 0.1) is 16.4 Å². The van der Waals surface area contributed by atoms with Crippen molar-refractivity contribution in [2.45, 2.75) is 6.92 Å². The SMILES string of the molecule is Cc1cccc2c1oc1ccc3c4ccccc4n(-c4ccccc4)c3c12. The number of rotatable bonds is 1. The fraction of sp³-hybridized carbons (Fsp3) is 0.0400. The number of furan rings is 1. The topological polar surface area (TPSA) is 18.1 Å². The first-order valence-electron chi connectivity index (χ1n) is 9.22. The summed E-state index contributed by atoms with van der Waals surface area (Å²) in [6.45, 7) is 2.11. The van der Waals surface area contributed by atoms with Crippen molar-refractivity contribution in [2.75, 3.05) is 0 Å². The molecule has 0 aliphatic heterocycles. The Labute approximate surface area is 156 Å². The van der Waals surface area contributed by atoms with E-state index in [1.54, 1.807) is 0 Å². The maximum Gasteiger partial charge on any atom is 0.138 e. The molecule has 0 amide bonds. The number of nitrogens with zero attached hydrogens (tertiary/aromatic N) is 1. The highest BCUT2D eigenvalue weighted by molar-refractivity contribution is 6.24. The van der Waals surface area contributed by atoms with Crippen molar-refractivity contribution in [3.8, 4) is 5.69 Å². The molecule has 0 saturated heterocycles. The molecule has 4 aromatic carbocycles. The smallest absolute Gasteiger partial charge is 0.138 e. The molecule has 6 rings (SSSR count). The number of aryl methyl sites for hydroxylation is 1. The summed E-state index contributed by atoms with van der Waals surface area (Å²) in [7, 11) is 0. The van der Waals surface area contributed by atoms with Gasteiger partial charge in [-0.25, -0.2) is 0 Å². The van der Waals surface area contributed by atoms with E-state index in [9.17, 15) is 0 Å². The lowest BCUT2D eigenvalue weighted by molar-refractivity contribution is 0.666. The number of aromatic nitrogens is 1. The number of fused-ring (bicyclic) bond motifs is 7. The number of para-hydroxylation sites is 3. The first kappa shape index (κ1) is 14.6. The number of hydrogen-bond acceptors (Lipinski definition) is 1. The second kappa shape index (κ2) is 5.24. The Hall–Kier alpha value is -3.52. The molecular formula is C25H17NO. The zero-order chi connectivity index (χ0) is 18.0. The van der Waals surface area contributed by atoms with Crippen LogP contribution in [0, 0.1) is 6.92 Å². The Balaban J connectivity index is 1.95. The fourth-order valence-corrected chi connectivity index (χ4v) is 4.32. The minimum atomic E-state index is 0.937. The van der Waals surface area contributed by atoms with Gasteiger partial charge in [0.25, 0.3) is 0 Å². The van der Waals surface area contributed by atoms with Crippen LogP contribution in [0.2, 0.25) is 0 Å². The van der Waals surface area contributed by atoms with Gasteiger partial charge < -0.3 is 8.98 Å². The van der Waals surface area contributed by atoms with Crippen molar-refractivity contribution >= 4 is 43.7 Å². The summed E-state index contributed by atoms with van der Waals surface area (Å²) in [4.78, 5) is 0. The molecule has 0 aliphatic carbocycles. The van der Waals surface area contributed by atoms with Gasteiger partial charge >= 0.3 is 0 Å². The first-order valence-corrected chi connectivity index (χ1v) is 9.22. The van der Waals surface area contributed by atoms with Gasteiger partial charge in [-0.3, -0.25) is 0 Å². The third kappa shape index (κ3) is 1.90. The second-order valence-electron chi connectivity index (χ2n) is 7.08. The molecule has 2 heterocycles.